The van der Waals surface area contributed by atoms with Gasteiger partial charge in [-0.1, -0.05) is 0 Å². The quantitative estimate of drug-likeness (QED) is 0.652. The number of amides is 1. The van der Waals surface area contributed by atoms with Crippen molar-refractivity contribution in [2.45, 2.75) is 44.2 Å². The molecule has 82 valence electrons. The highest BCUT2D eigenvalue weighted by atomic mass is 16.5. The third-order valence-corrected chi connectivity index (χ3v) is 2.83. The Kier molecular flexibility index (Phi) is 3.89. The zero-order chi connectivity index (χ0) is 10.6. The van der Waals surface area contributed by atoms with Gasteiger partial charge in [-0.3, -0.25) is 4.79 Å². The van der Waals surface area contributed by atoms with Crippen molar-refractivity contribution in [3.05, 3.63) is 0 Å². The predicted octanol–water partition coefficient (Wildman–Crippen LogP) is 0.409. The normalized spacial score (nSPS) is 20.2. The van der Waals surface area contributed by atoms with Gasteiger partial charge in [0.1, 0.15) is 0 Å². The summed E-state index contributed by atoms with van der Waals surface area (Å²) in [4.78, 5) is 11.5. The van der Waals surface area contributed by atoms with E-state index in [0.29, 0.717) is 13.0 Å². The molecule has 4 heteroatoms. The van der Waals surface area contributed by atoms with E-state index in [1.54, 1.807) is 7.11 Å². The summed E-state index contributed by atoms with van der Waals surface area (Å²) < 4.78 is 5.07. The molecular formula is C10H20N2O2. The number of carbonyl (C=O) groups is 1. The first-order valence-corrected chi connectivity index (χ1v) is 5.16. The van der Waals surface area contributed by atoms with E-state index in [-0.39, 0.29) is 17.6 Å². The fourth-order valence-corrected chi connectivity index (χ4v) is 1.34. The first kappa shape index (κ1) is 11.5. The number of methoxy groups -OCH3 is 1. The molecule has 1 unspecified atom stereocenters. The van der Waals surface area contributed by atoms with E-state index in [2.05, 4.69) is 5.32 Å². The van der Waals surface area contributed by atoms with Crippen LogP contribution in [-0.4, -0.2) is 31.2 Å². The Balaban J connectivity index is 2.16. The van der Waals surface area contributed by atoms with Gasteiger partial charge in [-0.25, -0.2) is 0 Å². The van der Waals surface area contributed by atoms with Crippen molar-refractivity contribution in [1.82, 2.24) is 5.32 Å². The molecule has 1 fully saturated rings. The minimum Gasteiger partial charge on any atom is -0.382 e. The average molecular weight is 200 g/mol. The topological polar surface area (TPSA) is 64.3 Å². The van der Waals surface area contributed by atoms with Gasteiger partial charge in [0.2, 0.25) is 5.91 Å². The molecule has 1 atom stereocenters. The summed E-state index contributed by atoms with van der Waals surface area (Å²) in [5.74, 6) is 0.0943. The summed E-state index contributed by atoms with van der Waals surface area (Å²) in [6.07, 6.45) is 3.48. The molecule has 0 bridgehead atoms. The number of rotatable bonds is 6. The largest absolute Gasteiger partial charge is 0.382 e. The highest BCUT2D eigenvalue weighted by Crippen LogP contribution is 2.33. The Morgan fingerprint density at radius 2 is 2.29 bits per heavy atom. The summed E-state index contributed by atoms with van der Waals surface area (Å²) in [7, 11) is 1.66. The monoisotopic (exact) mass is 200 g/mol. The molecule has 1 amide bonds. The van der Waals surface area contributed by atoms with Gasteiger partial charge in [-0.05, 0) is 26.2 Å². The Hall–Kier alpha value is -0.610. The van der Waals surface area contributed by atoms with Crippen LogP contribution >= 0.6 is 0 Å². The highest BCUT2D eigenvalue weighted by molar-refractivity contribution is 5.77. The number of nitrogens with one attached hydrogen (secondary N) is 1. The van der Waals surface area contributed by atoms with Gasteiger partial charge >= 0.3 is 0 Å². The van der Waals surface area contributed by atoms with Crippen molar-refractivity contribution in [1.29, 1.82) is 0 Å². The summed E-state index contributed by atoms with van der Waals surface area (Å²) in [6, 6.07) is 0. The van der Waals surface area contributed by atoms with Gasteiger partial charge < -0.3 is 15.8 Å². The van der Waals surface area contributed by atoms with Crippen molar-refractivity contribution < 1.29 is 9.53 Å². The first-order valence-electron chi connectivity index (χ1n) is 5.16. The molecule has 0 saturated heterocycles. The van der Waals surface area contributed by atoms with E-state index in [1.165, 1.54) is 0 Å². The molecule has 0 aliphatic heterocycles. The van der Waals surface area contributed by atoms with E-state index in [1.807, 2.05) is 6.92 Å². The lowest BCUT2D eigenvalue weighted by molar-refractivity contribution is -0.122. The third-order valence-electron chi connectivity index (χ3n) is 2.83. The fourth-order valence-electron chi connectivity index (χ4n) is 1.34. The maximum absolute atomic E-state index is 11.5. The zero-order valence-corrected chi connectivity index (χ0v) is 9.01. The molecule has 1 aliphatic carbocycles. The molecular weight excluding hydrogens is 180 g/mol. The SMILES string of the molecule is COC(C)CCC(=O)NC1(CN)CC1. The first-order chi connectivity index (χ1) is 6.62. The standard InChI is InChI=1S/C10H20N2O2/c1-8(14-2)3-4-9(13)12-10(7-11)5-6-10/h8H,3-7,11H2,1-2H3,(H,12,13). The number of nitrogens with two attached hydrogens (primary N) is 1. The van der Waals surface area contributed by atoms with Gasteiger partial charge in [0.15, 0.2) is 0 Å². The molecule has 4 nitrogen and oxygen atoms in total. The van der Waals surface area contributed by atoms with E-state index < -0.39 is 0 Å². The lowest BCUT2D eigenvalue weighted by Crippen LogP contribution is -2.42. The van der Waals surface area contributed by atoms with Crippen LogP contribution in [0, 0.1) is 0 Å². The molecule has 0 heterocycles. The number of hydrogen-bond acceptors (Lipinski definition) is 3. The smallest absolute Gasteiger partial charge is 0.220 e. The Morgan fingerprint density at radius 1 is 1.64 bits per heavy atom. The van der Waals surface area contributed by atoms with Gasteiger partial charge in [0, 0.05) is 20.1 Å². The van der Waals surface area contributed by atoms with Crippen molar-refractivity contribution in [3.8, 4) is 0 Å². The molecule has 1 saturated carbocycles. The Labute approximate surface area is 85.2 Å². The number of hydrogen-bond donors (Lipinski definition) is 2. The molecule has 0 spiro atoms. The van der Waals surface area contributed by atoms with Crippen LogP contribution in [0.25, 0.3) is 0 Å². The van der Waals surface area contributed by atoms with Crippen LogP contribution in [0.5, 0.6) is 0 Å². The minimum atomic E-state index is -0.0621. The van der Waals surface area contributed by atoms with Gasteiger partial charge in [-0.15, -0.1) is 0 Å². The third kappa shape index (κ3) is 3.27. The van der Waals surface area contributed by atoms with Crippen LogP contribution in [0.3, 0.4) is 0 Å². The average Bonchev–Trinajstić information content (AvgIpc) is 2.95. The second-order valence-corrected chi connectivity index (χ2v) is 4.12. The van der Waals surface area contributed by atoms with E-state index >= 15 is 0 Å². The van der Waals surface area contributed by atoms with E-state index in [4.69, 9.17) is 10.5 Å². The highest BCUT2D eigenvalue weighted by Gasteiger charge is 2.42. The second-order valence-electron chi connectivity index (χ2n) is 4.12. The molecule has 1 aliphatic rings. The molecule has 1 rings (SSSR count). The summed E-state index contributed by atoms with van der Waals surface area (Å²) in [6.45, 7) is 2.52. The van der Waals surface area contributed by atoms with Crippen LogP contribution in [0.1, 0.15) is 32.6 Å². The molecule has 0 radical (unpaired) electrons. The summed E-state index contributed by atoms with van der Waals surface area (Å²) in [5.41, 5.74) is 5.50. The summed E-state index contributed by atoms with van der Waals surface area (Å²) >= 11 is 0. The molecule has 3 N–H and O–H groups in total. The maximum Gasteiger partial charge on any atom is 0.220 e. The Morgan fingerprint density at radius 3 is 2.71 bits per heavy atom. The van der Waals surface area contributed by atoms with Gasteiger partial charge in [0.25, 0.3) is 0 Å². The van der Waals surface area contributed by atoms with Crippen molar-refractivity contribution >= 4 is 5.91 Å². The van der Waals surface area contributed by atoms with Crippen molar-refractivity contribution in [2.24, 2.45) is 5.73 Å². The van der Waals surface area contributed by atoms with Crippen LogP contribution in [0.2, 0.25) is 0 Å². The number of ether oxygens (including phenoxy) is 1. The van der Waals surface area contributed by atoms with Crippen molar-refractivity contribution in [3.63, 3.8) is 0 Å². The lowest BCUT2D eigenvalue weighted by atomic mass is 10.2. The molecule has 0 aromatic carbocycles. The molecule has 0 aromatic rings. The maximum atomic E-state index is 11.5. The van der Waals surface area contributed by atoms with E-state index in [9.17, 15) is 4.79 Å². The van der Waals surface area contributed by atoms with Gasteiger partial charge in [0.05, 0.1) is 11.6 Å². The van der Waals surface area contributed by atoms with E-state index in [0.717, 1.165) is 19.3 Å². The van der Waals surface area contributed by atoms with Crippen LogP contribution in [0.4, 0.5) is 0 Å². The van der Waals surface area contributed by atoms with Crippen molar-refractivity contribution in [2.75, 3.05) is 13.7 Å². The van der Waals surface area contributed by atoms with Crippen LogP contribution in [0.15, 0.2) is 0 Å². The molecule has 14 heavy (non-hydrogen) atoms. The minimum absolute atomic E-state index is 0.0621. The summed E-state index contributed by atoms with van der Waals surface area (Å²) in [5, 5.41) is 2.98. The lowest BCUT2D eigenvalue weighted by Gasteiger charge is -2.15. The number of carbonyl (C=O) groups excluding carboxylic acids is 1. The fraction of sp³-hybridized carbons (Fsp3) is 0.900. The Bertz CT molecular complexity index is 202. The van der Waals surface area contributed by atoms with Gasteiger partial charge in [-0.2, -0.15) is 0 Å². The second kappa shape index (κ2) is 4.75. The molecule has 0 aromatic heterocycles. The van der Waals surface area contributed by atoms with Crippen LogP contribution < -0.4 is 11.1 Å². The van der Waals surface area contributed by atoms with Crippen LogP contribution in [-0.2, 0) is 9.53 Å². The predicted molar refractivity (Wildman–Crippen MR) is 54.9 cm³/mol. The zero-order valence-electron chi connectivity index (χ0n) is 9.01.